The number of rotatable bonds is 4. The summed E-state index contributed by atoms with van der Waals surface area (Å²) in [4.78, 5) is 17.2. The van der Waals surface area contributed by atoms with Crippen LogP contribution in [0.5, 0.6) is 5.75 Å². The standard InChI is InChI=1S/C15H16N2O3S/c1-3-10(18)9(2)15-16-14(17-20-15)12-8-21-13-7-5-4-6-11(13)19-12/h4-7,9,12H,3,8H2,1-2H3. The number of aromatic nitrogens is 2. The third kappa shape index (κ3) is 2.81. The summed E-state index contributed by atoms with van der Waals surface area (Å²) in [6, 6.07) is 7.88. The first-order valence-corrected chi connectivity index (χ1v) is 7.92. The Morgan fingerprint density at radius 1 is 1.48 bits per heavy atom. The molecule has 0 amide bonds. The van der Waals surface area contributed by atoms with Crippen LogP contribution in [-0.2, 0) is 4.79 Å². The first kappa shape index (κ1) is 14.1. The van der Waals surface area contributed by atoms with Crippen molar-refractivity contribution in [3.8, 4) is 5.75 Å². The quantitative estimate of drug-likeness (QED) is 0.862. The lowest BCUT2D eigenvalue weighted by molar-refractivity contribution is -0.120. The van der Waals surface area contributed by atoms with Crippen molar-refractivity contribution < 1.29 is 14.1 Å². The van der Waals surface area contributed by atoms with Crippen LogP contribution in [-0.4, -0.2) is 21.7 Å². The Bertz CT molecular complexity index is 656. The van der Waals surface area contributed by atoms with Crippen molar-refractivity contribution in [2.75, 3.05) is 5.75 Å². The number of fused-ring (bicyclic) bond motifs is 1. The maximum atomic E-state index is 11.7. The van der Waals surface area contributed by atoms with Gasteiger partial charge in [-0.3, -0.25) is 4.79 Å². The van der Waals surface area contributed by atoms with E-state index in [4.69, 9.17) is 9.26 Å². The minimum Gasteiger partial charge on any atom is -0.480 e. The molecule has 21 heavy (non-hydrogen) atoms. The Labute approximate surface area is 127 Å². The molecule has 1 aliphatic rings. The van der Waals surface area contributed by atoms with Crippen LogP contribution >= 0.6 is 11.8 Å². The molecule has 1 aliphatic heterocycles. The zero-order valence-corrected chi connectivity index (χ0v) is 12.7. The van der Waals surface area contributed by atoms with Crippen molar-refractivity contribution in [1.82, 2.24) is 10.1 Å². The van der Waals surface area contributed by atoms with Gasteiger partial charge in [-0.15, -0.1) is 11.8 Å². The highest BCUT2D eigenvalue weighted by Crippen LogP contribution is 2.39. The van der Waals surface area contributed by atoms with Crippen LogP contribution in [0.15, 0.2) is 33.7 Å². The van der Waals surface area contributed by atoms with Crippen LogP contribution in [0.1, 0.15) is 44.0 Å². The number of carbonyl (C=O) groups excluding carboxylic acids is 1. The molecule has 0 aliphatic carbocycles. The molecule has 3 rings (SSSR count). The average Bonchev–Trinajstić information content (AvgIpc) is 3.02. The second kappa shape index (κ2) is 5.89. The molecule has 1 aromatic carbocycles. The van der Waals surface area contributed by atoms with E-state index in [0.29, 0.717) is 18.1 Å². The molecule has 6 heteroatoms. The van der Waals surface area contributed by atoms with Gasteiger partial charge in [-0.1, -0.05) is 24.2 Å². The van der Waals surface area contributed by atoms with Gasteiger partial charge in [0.2, 0.25) is 11.7 Å². The molecule has 2 atom stereocenters. The van der Waals surface area contributed by atoms with Crippen LogP contribution in [0.25, 0.3) is 0 Å². The van der Waals surface area contributed by atoms with Crippen molar-refractivity contribution in [3.05, 3.63) is 36.0 Å². The topological polar surface area (TPSA) is 65.2 Å². The summed E-state index contributed by atoms with van der Waals surface area (Å²) in [6.45, 7) is 3.61. The summed E-state index contributed by atoms with van der Waals surface area (Å²) < 4.78 is 11.1. The number of nitrogens with zero attached hydrogens (tertiary/aromatic N) is 2. The van der Waals surface area contributed by atoms with Gasteiger partial charge < -0.3 is 9.26 Å². The SMILES string of the molecule is CCC(=O)C(C)c1nc(C2CSc3ccccc3O2)no1. The average molecular weight is 304 g/mol. The second-order valence-corrected chi connectivity index (χ2v) is 5.96. The Balaban J connectivity index is 1.77. The number of benzene rings is 1. The normalized spacial score (nSPS) is 18.7. The summed E-state index contributed by atoms with van der Waals surface area (Å²) in [5, 5.41) is 3.97. The monoisotopic (exact) mass is 304 g/mol. The van der Waals surface area contributed by atoms with Gasteiger partial charge >= 0.3 is 0 Å². The highest BCUT2D eigenvalue weighted by Gasteiger charge is 2.28. The van der Waals surface area contributed by atoms with E-state index in [9.17, 15) is 4.79 Å². The molecule has 0 radical (unpaired) electrons. The van der Waals surface area contributed by atoms with Crippen molar-refractivity contribution >= 4 is 17.5 Å². The van der Waals surface area contributed by atoms with Gasteiger partial charge in [0.15, 0.2) is 6.10 Å². The van der Waals surface area contributed by atoms with Crippen molar-refractivity contribution in [2.24, 2.45) is 0 Å². The van der Waals surface area contributed by atoms with E-state index >= 15 is 0 Å². The van der Waals surface area contributed by atoms with E-state index in [2.05, 4.69) is 10.1 Å². The lowest BCUT2D eigenvalue weighted by atomic mass is 10.1. The molecule has 0 saturated heterocycles. The molecule has 0 spiro atoms. The summed E-state index contributed by atoms with van der Waals surface area (Å²) in [6.07, 6.45) is 0.216. The molecule has 2 unspecified atom stereocenters. The van der Waals surface area contributed by atoms with Gasteiger partial charge in [-0.05, 0) is 19.1 Å². The molecule has 2 heterocycles. The van der Waals surface area contributed by atoms with Crippen molar-refractivity contribution in [3.63, 3.8) is 0 Å². The van der Waals surface area contributed by atoms with Gasteiger partial charge in [0.05, 0.1) is 5.92 Å². The maximum absolute atomic E-state index is 11.7. The zero-order valence-electron chi connectivity index (χ0n) is 11.9. The molecular weight excluding hydrogens is 288 g/mol. The molecular formula is C15H16N2O3S. The van der Waals surface area contributed by atoms with Crippen LogP contribution < -0.4 is 4.74 Å². The Kier molecular flexibility index (Phi) is 3.96. The fourth-order valence-electron chi connectivity index (χ4n) is 2.14. The van der Waals surface area contributed by atoms with E-state index < -0.39 is 0 Å². The highest BCUT2D eigenvalue weighted by molar-refractivity contribution is 7.99. The van der Waals surface area contributed by atoms with Crippen molar-refractivity contribution in [2.45, 2.75) is 37.2 Å². The molecule has 0 fully saturated rings. The fourth-order valence-corrected chi connectivity index (χ4v) is 3.13. The largest absolute Gasteiger partial charge is 0.480 e. The van der Waals surface area contributed by atoms with Crippen LogP contribution in [0.2, 0.25) is 0 Å². The van der Waals surface area contributed by atoms with E-state index in [1.165, 1.54) is 0 Å². The van der Waals surface area contributed by atoms with E-state index in [-0.39, 0.29) is 17.8 Å². The minimum atomic E-state index is -0.361. The molecule has 110 valence electrons. The predicted molar refractivity (Wildman–Crippen MR) is 78.5 cm³/mol. The van der Waals surface area contributed by atoms with E-state index in [1.54, 1.807) is 18.7 Å². The Hall–Kier alpha value is -1.82. The van der Waals surface area contributed by atoms with Crippen LogP contribution in [0.4, 0.5) is 0 Å². The number of ketones is 1. The maximum Gasteiger partial charge on any atom is 0.237 e. The van der Waals surface area contributed by atoms with Gasteiger partial charge in [-0.25, -0.2) is 0 Å². The van der Waals surface area contributed by atoms with Crippen LogP contribution in [0.3, 0.4) is 0 Å². The van der Waals surface area contributed by atoms with Gasteiger partial charge in [0.1, 0.15) is 11.5 Å². The number of carbonyl (C=O) groups is 1. The first-order chi connectivity index (χ1) is 10.2. The van der Waals surface area contributed by atoms with Gasteiger partial charge in [-0.2, -0.15) is 4.98 Å². The fraction of sp³-hybridized carbons (Fsp3) is 0.400. The highest BCUT2D eigenvalue weighted by atomic mass is 32.2. The third-order valence-electron chi connectivity index (χ3n) is 3.46. The number of Topliss-reactive ketones (excluding diaryl/α,β-unsaturated/α-hetero) is 1. The number of ether oxygens (including phenoxy) is 1. The predicted octanol–water partition coefficient (Wildman–Crippen LogP) is 3.38. The van der Waals surface area contributed by atoms with Crippen LogP contribution in [0, 0.1) is 0 Å². The molecule has 1 aromatic heterocycles. The lowest BCUT2D eigenvalue weighted by Crippen LogP contribution is -2.16. The molecule has 0 bridgehead atoms. The van der Waals surface area contributed by atoms with E-state index in [1.807, 2.05) is 31.2 Å². The summed E-state index contributed by atoms with van der Waals surface area (Å²) in [5.41, 5.74) is 0. The smallest absolute Gasteiger partial charge is 0.237 e. The Morgan fingerprint density at radius 3 is 3.10 bits per heavy atom. The molecule has 2 aromatic rings. The zero-order chi connectivity index (χ0) is 14.8. The lowest BCUT2D eigenvalue weighted by Gasteiger charge is -2.22. The summed E-state index contributed by atoms with van der Waals surface area (Å²) in [7, 11) is 0. The number of para-hydroxylation sites is 1. The second-order valence-electron chi connectivity index (χ2n) is 4.90. The number of hydrogen-bond acceptors (Lipinski definition) is 6. The third-order valence-corrected chi connectivity index (χ3v) is 4.57. The molecule has 5 nitrogen and oxygen atoms in total. The number of hydrogen-bond donors (Lipinski definition) is 0. The number of thioether (sulfide) groups is 1. The van der Waals surface area contributed by atoms with Crippen molar-refractivity contribution in [1.29, 1.82) is 0 Å². The minimum absolute atomic E-state index is 0.0921. The Morgan fingerprint density at radius 2 is 2.29 bits per heavy atom. The van der Waals surface area contributed by atoms with Gasteiger partial charge in [0.25, 0.3) is 0 Å². The van der Waals surface area contributed by atoms with E-state index in [0.717, 1.165) is 16.4 Å². The molecule has 0 N–H and O–H groups in total. The summed E-state index contributed by atoms with van der Waals surface area (Å²) in [5.74, 6) is 2.16. The first-order valence-electron chi connectivity index (χ1n) is 6.93. The molecule has 0 saturated carbocycles. The van der Waals surface area contributed by atoms with Gasteiger partial charge in [0, 0.05) is 17.1 Å². The summed E-state index contributed by atoms with van der Waals surface area (Å²) >= 11 is 1.71.